The molecule has 4 nitrogen and oxygen atoms in total. The fraction of sp³-hybridized carbons (Fsp3) is 0.368. The van der Waals surface area contributed by atoms with Gasteiger partial charge in [0.1, 0.15) is 5.75 Å². The van der Waals surface area contributed by atoms with Crippen molar-refractivity contribution >= 4 is 26.0 Å². The largest absolute Gasteiger partial charge is 0.496 e. The molecule has 25 heavy (non-hydrogen) atoms. The van der Waals surface area contributed by atoms with Crippen LogP contribution in [0.5, 0.6) is 5.75 Å². The second-order valence-corrected chi connectivity index (χ2v) is 8.94. The number of methoxy groups -OCH3 is 1. The third-order valence-corrected chi connectivity index (χ3v) is 6.80. The molecular formula is C19H22BrNO3S. The van der Waals surface area contributed by atoms with Gasteiger partial charge in [0.25, 0.3) is 0 Å². The van der Waals surface area contributed by atoms with E-state index in [4.69, 9.17) is 4.74 Å². The Morgan fingerprint density at radius 3 is 2.48 bits per heavy atom. The molecule has 0 saturated carbocycles. The molecule has 6 heteroatoms. The number of halogens is 1. The zero-order chi connectivity index (χ0) is 18.0. The first-order valence-electron chi connectivity index (χ1n) is 8.38. The normalized spacial score (nSPS) is 15.5. The molecule has 0 unspecified atom stereocenters. The quantitative estimate of drug-likeness (QED) is 0.775. The average molecular weight is 424 g/mol. The smallest absolute Gasteiger partial charge is 0.241 e. The fourth-order valence-electron chi connectivity index (χ4n) is 3.21. The minimum absolute atomic E-state index is 0.213. The van der Waals surface area contributed by atoms with Gasteiger partial charge in [-0.15, -0.1) is 0 Å². The van der Waals surface area contributed by atoms with Crippen LogP contribution in [0, 0.1) is 0 Å². The maximum absolute atomic E-state index is 12.7. The van der Waals surface area contributed by atoms with Crippen LogP contribution in [0.1, 0.15) is 42.5 Å². The highest BCUT2D eigenvalue weighted by molar-refractivity contribution is 9.10. The van der Waals surface area contributed by atoms with Gasteiger partial charge in [-0.25, -0.2) is 13.1 Å². The molecule has 0 heterocycles. The van der Waals surface area contributed by atoms with Crippen molar-refractivity contribution in [3.8, 4) is 5.75 Å². The highest BCUT2D eigenvalue weighted by atomic mass is 79.9. The number of hydrogen-bond donors (Lipinski definition) is 1. The minimum atomic E-state index is -3.61. The van der Waals surface area contributed by atoms with Gasteiger partial charge in [0.15, 0.2) is 0 Å². The van der Waals surface area contributed by atoms with Crippen LogP contribution in [0.4, 0.5) is 0 Å². The van der Waals surface area contributed by atoms with E-state index in [9.17, 15) is 8.42 Å². The number of fused-ring (bicyclic) bond motifs is 1. The Bertz CT molecular complexity index is 880. The van der Waals surface area contributed by atoms with E-state index in [2.05, 4.69) is 32.8 Å². The number of benzene rings is 2. The highest BCUT2D eigenvalue weighted by Gasteiger charge is 2.20. The molecule has 0 aliphatic heterocycles. The van der Waals surface area contributed by atoms with Crippen LogP contribution >= 0.6 is 15.9 Å². The maximum Gasteiger partial charge on any atom is 0.241 e. The van der Waals surface area contributed by atoms with Crippen LogP contribution in [0.15, 0.2) is 45.8 Å². The molecular weight excluding hydrogens is 402 g/mol. The van der Waals surface area contributed by atoms with Gasteiger partial charge < -0.3 is 4.74 Å². The summed E-state index contributed by atoms with van der Waals surface area (Å²) in [5, 5.41) is 0. The molecule has 3 rings (SSSR count). The van der Waals surface area contributed by atoms with E-state index in [-0.39, 0.29) is 10.9 Å². The summed E-state index contributed by atoms with van der Waals surface area (Å²) in [6.07, 6.45) is 4.64. The summed E-state index contributed by atoms with van der Waals surface area (Å²) < 4.78 is 33.9. The lowest BCUT2D eigenvalue weighted by molar-refractivity contribution is 0.411. The van der Waals surface area contributed by atoms with Gasteiger partial charge in [0.2, 0.25) is 10.0 Å². The topological polar surface area (TPSA) is 55.4 Å². The van der Waals surface area contributed by atoms with E-state index in [1.54, 1.807) is 25.3 Å². The predicted molar refractivity (Wildman–Crippen MR) is 103 cm³/mol. The molecule has 0 radical (unpaired) electrons. The van der Waals surface area contributed by atoms with Crippen molar-refractivity contribution in [1.82, 2.24) is 4.72 Å². The first-order chi connectivity index (χ1) is 11.9. The SMILES string of the molecule is COc1ccc(S(=O)(=O)N[C@@H](C)c2ccc3c(c2)CCCC3)cc1Br. The van der Waals surface area contributed by atoms with Gasteiger partial charge in [-0.05, 0) is 83.4 Å². The molecule has 0 aromatic heterocycles. The van der Waals surface area contributed by atoms with E-state index in [0.717, 1.165) is 18.4 Å². The van der Waals surface area contributed by atoms with Crippen molar-refractivity contribution in [1.29, 1.82) is 0 Å². The first kappa shape index (κ1) is 18.4. The summed E-state index contributed by atoms with van der Waals surface area (Å²) in [4.78, 5) is 0.213. The van der Waals surface area contributed by atoms with E-state index in [0.29, 0.717) is 10.2 Å². The lowest BCUT2D eigenvalue weighted by Crippen LogP contribution is -2.27. The molecule has 0 spiro atoms. The van der Waals surface area contributed by atoms with Crippen LogP contribution < -0.4 is 9.46 Å². The lowest BCUT2D eigenvalue weighted by atomic mass is 9.89. The molecule has 1 aliphatic rings. The molecule has 134 valence electrons. The molecule has 2 aromatic carbocycles. The summed E-state index contributed by atoms with van der Waals surface area (Å²) in [5.41, 5.74) is 3.74. The molecule has 0 fully saturated rings. The second kappa shape index (κ2) is 7.48. The molecule has 0 bridgehead atoms. The van der Waals surface area contributed by atoms with Gasteiger partial charge in [-0.2, -0.15) is 0 Å². The Hall–Kier alpha value is -1.37. The first-order valence-corrected chi connectivity index (χ1v) is 10.7. The zero-order valence-electron chi connectivity index (χ0n) is 14.4. The summed E-state index contributed by atoms with van der Waals surface area (Å²) >= 11 is 3.33. The number of sulfonamides is 1. The van der Waals surface area contributed by atoms with Crippen LogP contribution in [0.3, 0.4) is 0 Å². The van der Waals surface area contributed by atoms with Crippen LogP contribution in [-0.2, 0) is 22.9 Å². The lowest BCUT2D eigenvalue weighted by Gasteiger charge is -2.20. The standard InChI is InChI=1S/C19H22BrNO3S/c1-13(15-8-7-14-5-3-4-6-16(14)11-15)21-25(22,23)17-9-10-19(24-2)18(20)12-17/h7-13,21H,3-6H2,1-2H3/t13-/m0/s1. The van der Waals surface area contributed by atoms with Gasteiger partial charge in [0, 0.05) is 6.04 Å². The zero-order valence-corrected chi connectivity index (χ0v) is 16.8. The monoisotopic (exact) mass is 423 g/mol. The van der Waals surface area contributed by atoms with E-state index < -0.39 is 10.0 Å². The fourth-order valence-corrected chi connectivity index (χ4v) is 5.16. The van der Waals surface area contributed by atoms with Crippen molar-refractivity contribution in [3.05, 3.63) is 57.6 Å². The summed E-state index contributed by atoms with van der Waals surface area (Å²) in [5.74, 6) is 0.599. The van der Waals surface area contributed by atoms with Crippen molar-refractivity contribution in [2.45, 2.75) is 43.5 Å². The number of hydrogen-bond acceptors (Lipinski definition) is 3. The third-order valence-electron chi connectivity index (χ3n) is 4.64. The molecule has 1 N–H and O–H groups in total. The molecule has 0 amide bonds. The Kier molecular flexibility index (Phi) is 5.51. The summed E-state index contributed by atoms with van der Waals surface area (Å²) in [6.45, 7) is 1.88. The van der Waals surface area contributed by atoms with Crippen molar-refractivity contribution in [2.24, 2.45) is 0 Å². The Labute approximate surface area is 157 Å². The maximum atomic E-state index is 12.7. The number of aryl methyl sites for hydroxylation is 2. The second-order valence-electron chi connectivity index (χ2n) is 6.37. The summed E-state index contributed by atoms with van der Waals surface area (Å²) in [6, 6.07) is 10.8. The van der Waals surface area contributed by atoms with Crippen LogP contribution in [0.2, 0.25) is 0 Å². The van der Waals surface area contributed by atoms with E-state index >= 15 is 0 Å². The van der Waals surface area contributed by atoms with Crippen LogP contribution in [0.25, 0.3) is 0 Å². The van der Waals surface area contributed by atoms with E-state index in [1.165, 1.54) is 24.0 Å². The van der Waals surface area contributed by atoms with Crippen LogP contribution in [-0.4, -0.2) is 15.5 Å². The van der Waals surface area contributed by atoms with Gasteiger partial charge in [-0.3, -0.25) is 0 Å². The van der Waals surface area contributed by atoms with E-state index in [1.807, 2.05) is 13.0 Å². The molecule has 0 saturated heterocycles. The molecule has 2 aromatic rings. The van der Waals surface area contributed by atoms with Crippen molar-refractivity contribution < 1.29 is 13.2 Å². The van der Waals surface area contributed by atoms with Crippen molar-refractivity contribution in [3.63, 3.8) is 0 Å². The Morgan fingerprint density at radius 2 is 1.80 bits per heavy atom. The number of rotatable bonds is 5. The Balaban J connectivity index is 1.81. The summed E-state index contributed by atoms with van der Waals surface area (Å²) in [7, 11) is -2.07. The minimum Gasteiger partial charge on any atom is -0.496 e. The Morgan fingerprint density at radius 1 is 1.08 bits per heavy atom. The van der Waals surface area contributed by atoms with Crippen molar-refractivity contribution in [2.75, 3.05) is 7.11 Å². The number of ether oxygens (including phenoxy) is 1. The third kappa shape index (κ3) is 4.07. The predicted octanol–water partition coefficient (Wildman–Crippen LogP) is 4.38. The molecule has 1 atom stereocenters. The van der Waals surface area contributed by atoms with Gasteiger partial charge in [-0.1, -0.05) is 18.2 Å². The molecule has 1 aliphatic carbocycles. The highest BCUT2D eigenvalue weighted by Crippen LogP contribution is 2.29. The van der Waals surface area contributed by atoms with Gasteiger partial charge >= 0.3 is 0 Å². The van der Waals surface area contributed by atoms with Gasteiger partial charge in [0.05, 0.1) is 16.5 Å². The number of nitrogens with one attached hydrogen (secondary N) is 1. The average Bonchev–Trinajstić information content (AvgIpc) is 2.60.